The SMILES string of the molecule is CN1CC[C@]23c4c5c([N+](=O)[O-])cc(O)c4O[C@H]2[C@@H](N(C)C(=O)C=Cc2cccc(OC(F)(F)F)c2)CC[C@@]3(O)[C@H]1C5. The number of piperidine rings is 1. The van der Waals surface area contributed by atoms with Crippen molar-refractivity contribution in [2.75, 3.05) is 20.6 Å². The van der Waals surface area contributed by atoms with E-state index in [1.54, 1.807) is 7.05 Å². The lowest BCUT2D eigenvalue weighted by Gasteiger charge is -2.64. The van der Waals surface area contributed by atoms with Crippen LogP contribution in [0, 0.1) is 10.1 Å². The summed E-state index contributed by atoms with van der Waals surface area (Å²) >= 11 is 0. The van der Waals surface area contributed by atoms with E-state index in [0.29, 0.717) is 42.5 Å². The summed E-state index contributed by atoms with van der Waals surface area (Å²) in [4.78, 5) is 28.3. The zero-order chi connectivity index (χ0) is 29.5. The summed E-state index contributed by atoms with van der Waals surface area (Å²) in [5.41, 5.74) is -1.40. The Kier molecular flexibility index (Phi) is 6.05. The number of amides is 1. The van der Waals surface area contributed by atoms with Gasteiger partial charge in [0.25, 0.3) is 5.69 Å². The van der Waals surface area contributed by atoms with Crippen LogP contribution in [0.5, 0.6) is 17.2 Å². The molecule has 2 aliphatic heterocycles. The van der Waals surface area contributed by atoms with Gasteiger partial charge < -0.3 is 29.5 Å². The molecule has 5 atom stereocenters. The van der Waals surface area contributed by atoms with Crippen LogP contribution in [0.25, 0.3) is 6.08 Å². The highest BCUT2D eigenvalue weighted by atomic mass is 19.4. The van der Waals surface area contributed by atoms with Crippen molar-refractivity contribution in [3.8, 4) is 17.2 Å². The fourth-order valence-corrected chi connectivity index (χ4v) is 7.62. The highest BCUT2D eigenvalue weighted by Gasteiger charge is 2.74. The minimum absolute atomic E-state index is 0.113. The molecule has 6 rings (SSSR count). The summed E-state index contributed by atoms with van der Waals surface area (Å²) in [6.45, 7) is 0.579. The number of carbonyl (C=O) groups excluding carboxylic acids is 1. The van der Waals surface area contributed by atoms with Crippen LogP contribution in [-0.2, 0) is 16.6 Å². The van der Waals surface area contributed by atoms with Gasteiger partial charge in [0.15, 0.2) is 11.5 Å². The van der Waals surface area contributed by atoms with Gasteiger partial charge in [-0.05, 0) is 63.0 Å². The average molecular weight is 576 g/mol. The molecule has 1 saturated heterocycles. The summed E-state index contributed by atoms with van der Waals surface area (Å²) in [5.74, 6) is -1.13. The molecule has 0 unspecified atom stereocenters. The first-order valence-electron chi connectivity index (χ1n) is 13.2. The monoisotopic (exact) mass is 575 g/mol. The van der Waals surface area contributed by atoms with Crippen LogP contribution in [0.4, 0.5) is 18.9 Å². The second-order valence-corrected chi connectivity index (χ2v) is 11.2. The van der Waals surface area contributed by atoms with Crippen LogP contribution >= 0.6 is 0 Å². The molecule has 41 heavy (non-hydrogen) atoms. The second-order valence-electron chi connectivity index (χ2n) is 11.2. The maximum atomic E-state index is 13.3. The fraction of sp³-hybridized carbons (Fsp3) is 0.464. The summed E-state index contributed by atoms with van der Waals surface area (Å²) in [6, 6.07) is 5.33. The molecule has 2 N–H and O–H groups in total. The molecule has 218 valence electrons. The topological polar surface area (TPSA) is 126 Å². The largest absolute Gasteiger partial charge is 0.573 e. The van der Waals surface area contributed by atoms with Crippen LogP contribution in [0.3, 0.4) is 0 Å². The number of alkyl halides is 3. The van der Waals surface area contributed by atoms with Gasteiger partial charge in [0.1, 0.15) is 11.9 Å². The van der Waals surface area contributed by atoms with Gasteiger partial charge in [-0.1, -0.05) is 12.1 Å². The third-order valence-corrected chi connectivity index (χ3v) is 9.36. The number of hydrogen-bond acceptors (Lipinski definition) is 8. The summed E-state index contributed by atoms with van der Waals surface area (Å²) < 4.78 is 48.1. The summed E-state index contributed by atoms with van der Waals surface area (Å²) in [6.07, 6.45) is -1.73. The number of phenolic OH excluding ortho intramolecular Hbond substituents is 1. The molecule has 0 radical (unpaired) electrons. The van der Waals surface area contributed by atoms with Gasteiger partial charge in [-0.15, -0.1) is 13.2 Å². The molecule has 2 aliphatic carbocycles. The first-order chi connectivity index (χ1) is 19.3. The molecule has 2 aromatic rings. The van der Waals surface area contributed by atoms with E-state index in [4.69, 9.17) is 4.74 Å². The highest BCUT2D eigenvalue weighted by Crippen LogP contribution is 2.66. The Labute approximate surface area is 232 Å². The zero-order valence-corrected chi connectivity index (χ0v) is 22.2. The number of hydrogen-bond donors (Lipinski definition) is 2. The van der Waals surface area contributed by atoms with Crippen LogP contribution < -0.4 is 9.47 Å². The quantitative estimate of drug-likeness (QED) is 0.315. The van der Waals surface area contributed by atoms with Gasteiger partial charge in [0.05, 0.1) is 28.0 Å². The number of phenols is 1. The van der Waals surface area contributed by atoms with Crippen LogP contribution in [0.15, 0.2) is 36.4 Å². The number of halogens is 3. The Morgan fingerprint density at radius 2 is 2.07 bits per heavy atom. The van der Waals surface area contributed by atoms with Crippen molar-refractivity contribution < 1.29 is 42.6 Å². The van der Waals surface area contributed by atoms with Gasteiger partial charge in [-0.3, -0.25) is 14.9 Å². The predicted molar refractivity (Wildman–Crippen MR) is 138 cm³/mol. The maximum absolute atomic E-state index is 13.3. The van der Waals surface area contributed by atoms with Crippen molar-refractivity contribution in [2.24, 2.45) is 0 Å². The Bertz CT molecular complexity index is 1480. The van der Waals surface area contributed by atoms with Crippen molar-refractivity contribution in [3.63, 3.8) is 0 Å². The van der Waals surface area contributed by atoms with Gasteiger partial charge in [0, 0.05) is 30.3 Å². The third-order valence-electron chi connectivity index (χ3n) is 9.36. The van der Waals surface area contributed by atoms with E-state index >= 15 is 0 Å². The van der Waals surface area contributed by atoms with Gasteiger partial charge in [-0.2, -0.15) is 0 Å². The van der Waals surface area contributed by atoms with Crippen molar-refractivity contribution >= 4 is 17.7 Å². The Balaban J connectivity index is 1.35. The molecule has 2 fully saturated rings. The van der Waals surface area contributed by atoms with Crippen LogP contribution in [0.2, 0.25) is 0 Å². The molecule has 1 spiro atoms. The van der Waals surface area contributed by atoms with Gasteiger partial charge >= 0.3 is 6.36 Å². The fourth-order valence-electron chi connectivity index (χ4n) is 7.62. The smallest absolute Gasteiger partial charge is 0.504 e. The Hall–Kier alpha value is -3.84. The number of rotatable bonds is 5. The highest BCUT2D eigenvalue weighted by molar-refractivity contribution is 5.92. The van der Waals surface area contributed by atoms with Crippen LogP contribution in [-0.4, -0.2) is 81.6 Å². The average Bonchev–Trinajstić information content (AvgIpc) is 3.25. The minimum atomic E-state index is -4.85. The van der Waals surface area contributed by atoms with E-state index in [1.165, 1.54) is 29.2 Å². The molecule has 4 aliphatic rings. The number of nitrogens with zero attached hydrogens (tertiary/aromatic N) is 3. The van der Waals surface area contributed by atoms with Gasteiger partial charge in [0.2, 0.25) is 5.91 Å². The number of nitro benzene ring substituents is 1. The molecular weight excluding hydrogens is 547 g/mol. The molecule has 13 heteroatoms. The Morgan fingerprint density at radius 1 is 1.32 bits per heavy atom. The number of aromatic hydroxyl groups is 1. The van der Waals surface area contributed by atoms with Crippen LogP contribution in [0.1, 0.15) is 36.0 Å². The minimum Gasteiger partial charge on any atom is -0.504 e. The third kappa shape index (κ3) is 3.96. The van der Waals surface area contributed by atoms with E-state index in [1.807, 2.05) is 11.9 Å². The lowest BCUT2D eigenvalue weighted by Crippen LogP contribution is -2.77. The van der Waals surface area contributed by atoms with E-state index in [9.17, 15) is 38.3 Å². The number of carbonyl (C=O) groups is 1. The number of likely N-dealkylation sites (N-methyl/N-ethyl adjacent to an activating group) is 2. The molecule has 2 heterocycles. The standard InChI is InChI=1S/C28H28F3N3O7/c1-32-11-10-26-23-17-13-21(32)27(26,37)9-8-18(25(26)40-24(23)20(35)14-19(17)34(38)39)33(2)22(36)7-6-15-4-3-5-16(12-15)41-28(29,30)31/h3-7,12,14,18,21,25,35,37H,8-11,13H2,1-2H3/t18-,21+,25-,26-,27+/m0/s1. The molecular formula is C28H28F3N3O7. The number of nitro groups is 1. The van der Waals surface area contributed by atoms with Crippen molar-refractivity contribution in [3.05, 3.63) is 63.2 Å². The summed E-state index contributed by atoms with van der Waals surface area (Å²) in [5, 5.41) is 35.1. The van der Waals surface area contributed by atoms with E-state index in [2.05, 4.69) is 4.74 Å². The first kappa shape index (κ1) is 27.3. The predicted octanol–water partition coefficient (Wildman–Crippen LogP) is 3.52. The number of aliphatic hydroxyl groups is 1. The molecule has 1 amide bonds. The number of ether oxygens (including phenoxy) is 2. The molecule has 10 nitrogen and oxygen atoms in total. The van der Waals surface area contributed by atoms with Crippen molar-refractivity contribution in [1.29, 1.82) is 0 Å². The lowest BCUT2D eigenvalue weighted by atomic mass is 9.48. The van der Waals surface area contributed by atoms with Crippen molar-refractivity contribution in [2.45, 2.75) is 61.2 Å². The summed E-state index contributed by atoms with van der Waals surface area (Å²) in [7, 11) is 3.45. The Morgan fingerprint density at radius 3 is 2.78 bits per heavy atom. The zero-order valence-electron chi connectivity index (χ0n) is 22.2. The van der Waals surface area contributed by atoms with E-state index < -0.39 is 52.1 Å². The second kappa shape index (κ2) is 9.08. The normalized spacial score (nSPS) is 30.0. The molecule has 2 bridgehead atoms. The maximum Gasteiger partial charge on any atom is 0.573 e. The lowest BCUT2D eigenvalue weighted by molar-refractivity contribution is -0.386. The molecule has 0 aromatic heterocycles. The van der Waals surface area contributed by atoms with E-state index in [-0.39, 0.29) is 23.6 Å². The van der Waals surface area contributed by atoms with Crippen molar-refractivity contribution in [1.82, 2.24) is 9.80 Å². The molecule has 2 aromatic carbocycles. The van der Waals surface area contributed by atoms with Gasteiger partial charge in [-0.25, -0.2) is 0 Å². The first-order valence-corrected chi connectivity index (χ1v) is 13.2. The number of likely N-dealkylation sites (tertiary alicyclic amines) is 1. The number of benzene rings is 2. The molecule has 1 saturated carbocycles. The van der Waals surface area contributed by atoms with E-state index in [0.717, 1.165) is 18.2 Å².